The van der Waals surface area contributed by atoms with Crippen molar-refractivity contribution >= 4 is 29.8 Å². The number of methoxy groups -OCH3 is 1. The number of hydrogen-bond acceptors (Lipinski definition) is 13. The van der Waals surface area contributed by atoms with Crippen LogP contribution in [0.5, 0.6) is 5.75 Å². The molecule has 14 nitrogen and oxygen atoms in total. The highest BCUT2D eigenvalue weighted by atomic mass is 16.7. The minimum Gasteiger partial charge on any atom is -0.463 e. The largest absolute Gasteiger partial charge is 0.463 e. The first-order chi connectivity index (χ1) is 18.5. The summed E-state index contributed by atoms with van der Waals surface area (Å²) in [5.41, 5.74) is 0.409. The van der Waals surface area contributed by atoms with Crippen molar-refractivity contribution in [3.8, 4) is 5.75 Å². The van der Waals surface area contributed by atoms with Crippen molar-refractivity contribution in [1.82, 2.24) is 5.32 Å². The maximum Gasteiger partial charge on any atom is 0.303 e. The van der Waals surface area contributed by atoms with Crippen LogP contribution in [0.4, 0.5) is 0 Å². The maximum atomic E-state index is 12.9. The lowest BCUT2D eigenvalue weighted by atomic mass is 9.98. The molecule has 2 rings (SSSR count). The Morgan fingerprint density at radius 2 is 1.51 bits per heavy atom. The average Bonchev–Trinajstić information content (AvgIpc) is 2.85. The number of aliphatic hydroxyl groups is 1. The second kappa shape index (κ2) is 15.0. The Morgan fingerprint density at radius 1 is 0.897 bits per heavy atom. The molecule has 0 aromatic heterocycles. The van der Waals surface area contributed by atoms with Crippen LogP contribution in [0.25, 0.3) is 0 Å². The first kappa shape index (κ1) is 31.5. The van der Waals surface area contributed by atoms with Crippen LogP contribution in [-0.2, 0) is 54.2 Å². The molecule has 39 heavy (non-hydrogen) atoms. The highest BCUT2D eigenvalue weighted by Crippen LogP contribution is 2.32. The summed E-state index contributed by atoms with van der Waals surface area (Å²) >= 11 is 0. The SMILES string of the molecule is COCCNC(=O)c1cc(CO)ccc1O[C@@H]1O[C@H](COC(C)=O)[C@H](OC(C)=O)[C@H](OC(C)=O)[C@H]1OC(C)=O. The zero-order valence-corrected chi connectivity index (χ0v) is 22.3. The van der Waals surface area contributed by atoms with E-state index in [1.165, 1.54) is 25.3 Å². The van der Waals surface area contributed by atoms with Gasteiger partial charge < -0.3 is 43.6 Å². The lowest BCUT2D eigenvalue weighted by Gasteiger charge is -2.44. The number of hydrogen-bond donors (Lipinski definition) is 2. The smallest absolute Gasteiger partial charge is 0.303 e. The lowest BCUT2D eigenvalue weighted by Crippen LogP contribution is -2.63. The Morgan fingerprint density at radius 3 is 2.08 bits per heavy atom. The summed E-state index contributed by atoms with van der Waals surface area (Å²) in [4.78, 5) is 60.3. The van der Waals surface area contributed by atoms with Gasteiger partial charge in [0.2, 0.25) is 12.4 Å². The van der Waals surface area contributed by atoms with Crippen LogP contribution in [-0.4, -0.2) is 92.5 Å². The number of amides is 1. The molecule has 1 saturated heterocycles. The summed E-state index contributed by atoms with van der Waals surface area (Å²) in [6.07, 6.45) is -7.04. The normalized spacial score (nSPS) is 22.3. The van der Waals surface area contributed by atoms with Crippen LogP contribution in [0.15, 0.2) is 18.2 Å². The molecule has 0 unspecified atom stereocenters. The number of nitrogens with one attached hydrogen (secondary N) is 1. The molecule has 1 fully saturated rings. The molecule has 5 atom stereocenters. The fraction of sp³-hybridized carbons (Fsp3) is 0.560. The van der Waals surface area contributed by atoms with E-state index in [0.29, 0.717) is 5.56 Å². The molecule has 216 valence electrons. The average molecular weight is 556 g/mol. The van der Waals surface area contributed by atoms with E-state index < -0.39 is 67.1 Å². The maximum absolute atomic E-state index is 12.9. The number of ether oxygens (including phenoxy) is 7. The standard InChI is InChI=1S/C25H33NO13/c1-13(28)34-12-20-21(35-14(2)29)22(36-15(3)30)23(37-16(4)31)25(39-20)38-19-7-6-17(11-27)10-18(19)24(32)26-8-9-33-5/h6-7,10,20-23,25,27H,8-9,11-12H2,1-5H3,(H,26,32)/t20-,21+,22+,23-,25-/m1/s1. The van der Waals surface area contributed by atoms with Crippen LogP contribution in [0.3, 0.4) is 0 Å². The van der Waals surface area contributed by atoms with Gasteiger partial charge in [-0.15, -0.1) is 0 Å². The minimum absolute atomic E-state index is 0.00510. The summed E-state index contributed by atoms with van der Waals surface area (Å²) in [5.74, 6) is -3.65. The van der Waals surface area contributed by atoms with Crippen LogP contribution in [0.2, 0.25) is 0 Å². The van der Waals surface area contributed by atoms with Crippen LogP contribution >= 0.6 is 0 Å². The van der Waals surface area contributed by atoms with Gasteiger partial charge in [0.25, 0.3) is 5.91 Å². The van der Waals surface area contributed by atoms with Crippen molar-refractivity contribution in [2.24, 2.45) is 0 Å². The van der Waals surface area contributed by atoms with Gasteiger partial charge in [-0.25, -0.2) is 0 Å². The van der Waals surface area contributed by atoms with Gasteiger partial charge >= 0.3 is 23.9 Å². The van der Waals surface area contributed by atoms with Crippen molar-refractivity contribution in [2.75, 3.05) is 26.9 Å². The zero-order chi connectivity index (χ0) is 29.1. The first-order valence-corrected chi connectivity index (χ1v) is 11.9. The van der Waals surface area contributed by atoms with Gasteiger partial charge in [0.15, 0.2) is 12.2 Å². The van der Waals surface area contributed by atoms with Gasteiger partial charge in [0, 0.05) is 41.3 Å². The number of aliphatic hydroxyl groups excluding tert-OH is 1. The molecular formula is C25H33NO13. The van der Waals surface area contributed by atoms with Crippen molar-refractivity contribution in [2.45, 2.75) is 65.0 Å². The molecule has 14 heteroatoms. The minimum atomic E-state index is -1.53. The van der Waals surface area contributed by atoms with Gasteiger partial charge in [-0.2, -0.15) is 0 Å². The summed E-state index contributed by atoms with van der Waals surface area (Å²) in [6, 6.07) is 4.28. The molecular weight excluding hydrogens is 522 g/mol. The van der Waals surface area contributed by atoms with E-state index in [0.717, 1.165) is 27.7 Å². The Kier molecular flexibility index (Phi) is 12.1. The third-order valence-corrected chi connectivity index (χ3v) is 5.25. The number of benzene rings is 1. The van der Waals surface area contributed by atoms with E-state index in [9.17, 15) is 29.1 Å². The lowest BCUT2D eigenvalue weighted by molar-refractivity contribution is -0.288. The van der Waals surface area contributed by atoms with E-state index in [-0.39, 0.29) is 31.1 Å². The van der Waals surface area contributed by atoms with Crippen molar-refractivity contribution in [3.63, 3.8) is 0 Å². The number of carbonyl (C=O) groups excluding carboxylic acids is 5. The molecule has 1 aliphatic rings. The topological polar surface area (TPSA) is 182 Å². The molecule has 0 saturated carbocycles. The number of rotatable bonds is 12. The van der Waals surface area contributed by atoms with Crippen LogP contribution in [0.1, 0.15) is 43.6 Å². The van der Waals surface area contributed by atoms with Crippen molar-refractivity contribution in [1.29, 1.82) is 0 Å². The third kappa shape index (κ3) is 9.50. The molecule has 0 bridgehead atoms. The van der Waals surface area contributed by atoms with Gasteiger partial charge in [-0.1, -0.05) is 6.07 Å². The Balaban J connectivity index is 2.54. The Labute approximate surface area is 224 Å². The highest BCUT2D eigenvalue weighted by Gasteiger charge is 2.53. The monoisotopic (exact) mass is 555 g/mol. The van der Waals surface area contributed by atoms with E-state index >= 15 is 0 Å². The predicted octanol–water partition coefficient (Wildman–Crippen LogP) is 0.0170. The Hall–Kier alpha value is -3.75. The summed E-state index contributed by atoms with van der Waals surface area (Å²) in [6.45, 7) is 4.06. The van der Waals surface area contributed by atoms with Gasteiger partial charge in [-0.05, 0) is 17.7 Å². The van der Waals surface area contributed by atoms with E-state index in [1.807, 2.05) is 0 Å². The second-order valence-electron chi connectivity index (χ2n) is 8.42. The second-order valence-corrected chi connectivity index (χ2v) is 8.42. The molecule has 1 aromatic rings. The molecule has 0 radical (unpaired) electrons. The molecule has 1 amide bonds. The number of esters is 4. The van der Waals surface area contributed by atoms with Gasteiger partial charge in [0.05, 0.1) is 18.8 Å². The van der Waals surface area contributed by atoms with Crippen LogP contribution < -0.4 is 10.1 Å². The van der Waals surface area contributed by atoms with E-state index in [1.54, 1.807) is 0 Å². The fourth-order valence-electron chi connectivity index (χ4n) is 3.73. The molecule has 0 spiro atoms. The molecule has 0 aliphatic carbocycles. The highest BCUT2D eigenvalue weighted by molar-refractivity contribution is 5.97. The van der Waals surface area contributed by atoms with Crippen molar-refractivity contribution in [3.05, 3.63) is 29.3 Å². The Bertz CT molecular complexity index is 1040. The quantitative estimate of drug-likeness (QED) is 0.200. The fourth-order valence-corrected chi connectivity index (χ4v) is 3.73. The molecule has 2 N–H and O–H groups in total. The third-order valence-electron chi connectivity index (χ3n) is 5.25. The van der Waals surface area contributed by atoms with E-state index in [2.05, 4.69) is 5.32 Å². The predicted molar refractivity (Wildman–Crippen MR) is 129 cm³/mol. The van der Waals surface area contributed by atoms with Crippen LogP contribution in [0, 0.1) is 0 Å². The molecule has 1 heterocycles. The zero-order valence-electron chi connectivity index (χ0n) is 22.3. The summed E-state index contributed by atoms with van der Waals surface area (Å²) < 4.78 is 38.0. The van der Waals surface area contributed by atoms with E-state index in [4.69, 9.17) is 33.2 Å². The summed E-state index contributed by atoms with van der Waals surface area (Å²) in [5, 5.41) is 12.2. The molecule has 1 aromatic carbocycles. The summed E-state index contributed by atoms with van der Waals surface area (Å²) in [7, 11) is 1.47. The van der Waals surface area contributed by atoms with Gasteiger partial charge in [0.1, 0.15) is 18.5 Å². The number of carbonyl (C=O) groups is 5. The van der Waals surface area contributed by atoms with Gasteiger partial charge in [-0.3, -0.25) is 24.0 Å². The molecule has 1 aliphatic heterocycles. The van der Waals surface area contributed by atoms with Crippen molar-refractivity contribution < 1.29 is 62.2 Å². The first-order valence-electron chi connectivity index (χ1n) is 11.9.